The molecule has 0 spiro atoms. The lowest BCUT2D eigenvalue weighted by molar-refractivity contribution is -0.150. The van der Waals surface area contributed by atoms with Gasteiger partial charge < -0.3 is 19.1 Å². The number of ether oxygens (including phenoxy) is 3. The maximum Gasteiger partial charge on any atom is 0.306 e. The van der Waals surface area contributed by atoms with Gasteiger partial charge in [-0.1, -0.05) is 123 Å². The summed E-state index contributed by atoms with van der Waals surface area (Å²) in [6.07, 6.45) is 27.9. The zero-order chi connectivity index (χ0) is 38.4. The molecular formula is C45H83NO6. The Morgan fingerprint density at radius 2 is 1.17 bits per heavy atom. The van der Waals surface area contributed by atoms with E-state index in [0.717, 1.165) is 103 Å². The number of esters is 3. The van der Waals surface area contributed by atoms with Crippen LogP contribution in [0.4, 0.5) is 0 Å². The fourth-order valence-corrected chi connectivity index (χ4v) is 7.51. The number of allylic oxidation sites excluding steroid dienone is 1. The Labute approximate surface area is 321 Å². The highest BCUT2D eigenvalue weighted by Gasteiger charge is 2.43. The van der Waals surface area contributed by atoms with Gasteiger partial charge >= 0.3 is 17.9 Å². The Morgan fingerprint density at radius 3 is 1.71 bits per heavy atom. The molecular weight excluding hydrogens is 650 g/mol. The first-order valence-corrected chi connectivity index (χ1v) is 22.1. The zero-order valence-corrected chi connectivity index (χ0v) is 35.2. The topological polar surface area (TPSA) is 82.1 Å². The van der Waals surface area contributed by atoms with Crippen molar-refractivity contribution in [2.45, 2.75) is 220 Å². The molecule has 52 heavy (non-hydrogen) atoms. The van der Waals surface area contributed by atoms with Crippen molar-refractivity contribution in [2.24, 2.45) is 11.8 Å². The molecule has 1 fully saturated rings. The van der Waals surface area contributed by atoms with Crippen LogP contribution < -0.4 is 0 Å². The summed E-state index contributed by atoms with van der Waals surface area (Å²) in [4.78, 5) is 39.3. The van der Waals surface area contributed by atoms with Crippen LogP contribution in [0.15, 0.2) is 11.1 Å². The SMILES string of the molecule is CC.CCCCCC(CCCCC)CCOC(=O)CCCCCCCC(CCCCCCCC(=O)O[C@@H]1CC2CC2=C1C)OC(=O)CCCN(C)C. The Bertz CT molecular complexity index is 951. The molecule has 0 aromatic carbocycles. The summed E-state index contributed by atoms with van der Waals surface area (Å²) in [5.74, 6) is 1.22. The molecule has 2 aliphatic rings. The van der Waals surface area contributed by atoms with Crippen LogP contribution in [0, 0.1) is 11.8 Å². The molecule has 0 radical (unpaired) electrons. The number of hydrogen-bond acceptors (Lipinski definition) is 7. The van der Waals surface area contributed by atoms with E-state index >= 15 is 0 Å². The van der Waals surface area contributed by atoms with E-state index in [4.69, 9.17) is 14.2 Å². The van der Waals surface area contributed by atoms with Gasteiger partial charge in [-0.2, -0.15) is 0 Å². The zero-order valence-electron chi connectivity index (χ0n) is 35.2. The molecule has 0 saturated heterocycles. The predicted molar refractivity (Wildman–Crippen MR) is 216 cm³/mol. The van der Waals surface area contributed by atoms with E-state index in [1.807, 2.05) is 27.9 Å². The molecule has 0 aliphatic heterocycles. The van der Waals surface area contributed by atoms with Crippen molar-refractivity contribution in [2.75, 3.05) is 27.2 Å². The van der Waals surface area contributed by atoms with Crippen LogP contribution in [-0.2, 0) is 28.6 Å². The molecule has 2 rings (SSSR count). The summed E-state index contributed by atoms with van der Waals surface area (Å²) in [5.41, 5.74) is 2.83. The van der Waals surface area contributed by atoms with Crippen LogP contribution >= 0.6 is 0 Å². The second-order valence-corrected chi connectivity index (χ2v) is 15.8. The summed E-state index contributed by atoms with van der Waals surface area (Å²) in [6, 6.07) is 0. The van der Waals surface area contributed by atoms with Crippen molar-refractivity contribution >= 4 is 17.9 Å². The van der Waals surface area contributed by atoms with Crippen molar-refractivity contribution in [3.05, 3.63) is 11.1 Å². The Kier molecular flexibility index (Phi) is 29.1. The first-order chi connectivity index (χ1) is 25.2. The van der Waals surface area contributed by atoms with Crippen molar-refractivity contribution in [3.63, 3.8) is 0 Å². The number of fused-ring (bicyclic) bond motifs is 1. The van der Waals surface area contributed by atoms with Gasteiger partial charge in [-0.15, -0.1) is 0 Å². The summed E-state index contributed by atoms with van der Waals surface area (Å²) >= 11 is 0. The molecule has 1 saturated carbocycles. The Hall–Kier alpha value is -1.89. The lowest BCUT2D eigenvalue weighted by Gasteiger charge is -2.18. The third-order valence-corrected chi connectivity index (χ3v) is 10.9. The first-order valence-electron chi connectivity index (χ1n) is 22.1. The van der Waals surface area contributed by atoms with E-state index < -0.39 is 0 Å². The quantitative estimate of drug-likeness (QED) is 0.0287. The maximum absolute atomic E-state index is 12.6. The fraction of sp³-hybridized carbons (Fsp3) is 0.889. The summed E-state index contributed by atoms with van der Waals surface area (Å²) < 4.78 is 17.3. The van der Waals surface area contributed by atoms with Gasteiger partial charge in [0, 0.05) is 19.3 Å². The van der Waals surface area contributed by atoms with Crippen molar-refractivity contribution in [3.8, 4) is 0 Å². The summed E-state index contributed by atoms with van der Waals surface area (Å²) in [7, 11) is 4.05. The number of carbonyl (C=O) groups excluding carboxylic acids is 3. The second kappa shape index (κ2) is 31.5. The molecule has 0 N–H and O–H groups in total. The number of nitrogens with zero attached hydrogens (tertiary/aromatic N) is 1. The van der Waals surface area contributed by atoms with E-state index in [9.17, 15) is 14.4 Å². The number of unbranched alkanes of at least 4 members (excludes halogenated alkanes) is 12. The minimum absolute atomic E-state index is 0.0189. The standard InChI is InChI=1S/C43H77NO6.C2H6/c1-6-8-16-23-36(24-17-9-7-2)30-32-48-41(45)27-20-14-10-12-18-25-38(49-42(46)29-22-31-44(4)5)26-19-13-11-15-21-28-43(47)50-40-34-37-33-39(37)35(40)3;1-2/h36-38,40H,6-34H2,1-5H3;1-2H3/t37?,38?,40-;/m1./s1. The van der Waals surface area contributed by atoms with Gasteiger partial charge in [0.25, 0.3) is 0 Å². The Morgan fingerprint density at radius 1 is 0.654 bits per heavy atom. The number of hydrogen-bond donors (Lipinski definition) is 0. The lowest BCUT2D eigenvalue weighted by Crippen LogP contribution is -2.20. The van der Waals surface area contributed by atoms with Crippen LogP contribution in [-0.4, -0.2) is 62.3 Å². The van der Waals surface area contributed by atoms with Gasteiger partial charge in [0.2, 0.25) is 0 Å². The van der Waals surface area contributed by atoms with Gasteiger partial charge in [0.1, 0.15) is 12.2 Å². The smallest absolute Gasteiger partial charge is 0.306 e. The average molecular weight is 734 g/mol. The van der Waals surface area contributed by atoms with Crippen LogP contribution in [0.25, 0.3) is 0 Å². The van der Waals surface area contributed by atoms with E-state index in [1.54, 1.807) is 0 Å². The van der Waals surface area contributed by atoms with Crippen LogP contribution in [0.3, 0.4) is 0 Å². The lowest BCUT2D eigenvalue weighted by atomic mass is 9.92. The fourth-order valence-electron chi connectivity index (χ4n) is 7.51. The molecule has 0 bridgehead atoms. The van der Waals surface area contributed by atoms with Crippen LogP contribution in [0.5, 0.6) is 0 Å². The van der Waals surface area contributed by atoms with Gasteiger partial charge in [-0.3, -0.25) is 14.4 Å². The van der Waals surface area contributed by atoms with Gasteiger partial charge in [-0.05, 0) is 109 Å². The molecule has 2 aliphatic carbocycles. The van der Waals surface area contributed by atoms with E-state index in [2.05, 4.69) is 25.7 Å². The second-order valence-electron chi connectivity index (χ2n) is 15.8. The summed E-state index contributed by atoms with van der Waals surface area (Å²) in [6.45, 7) is 12.1. The van der Waals surface area contributed by atoms with Crippen molar-refractivity contribution < 1.29 is 28.6 Å². The molecule has 0 heterocycles. The number of rotatable bonds is 33. The Balaban J connectivity index is 0.00000664. The third kappa shape index (κ3) is 24.4. The van der Waals surface area contributed by atoms with Crippen molar-refractivity contribution in [1.82, 2.24) is 4.90 Å². The van der Waals surface area contributed by atoms with Crippen molar-refractivity contribution in [1.29, 1.82) is 0 Å². The average Bonchev–Trinajstić information content (AvgIpc) is 3.83. The highest BCUT2D eigenvalue weighted by molar-refractivity contribution is 5.70. The molecule has 3 atom stereocenters. The van der Waals surface area contributed by atoms with E-state index in [-0.39, 0.29) is 30.1 Å². The molecule has 0 aromatic heterocycles. The molecule has 7 nitrogen and oxygen atoms in total. The van der Waals surface area contributed by atoms with Gasteiger partial charge in [-0.25, -0.2) is 0 Å². The molecule has 7 heteroatoms. The predicted octanol–water partition coefficient (Wildman–Crippen LogP) is 12.1. The van der Waals surface area contributed by atoms with Gasteiger partial charge in [0.15, 0.2) is 0 Å². The van der Waals surface area contributed by atoms with Crippen LogP contribution in [0.2, 0.25) is 0 Å². The highest BCUT2D eigenvalue weighted by Crippen LogP contribution is 2.51. The van der Waals surface area contributed by atoms with Gasteiger partial charge in [0.05, 0.1) is 6.61 Å². The maximum atomic E-state index is 12.6. The van der Waals surface area contributed by atoms with E-state index in [0.29, 0.717) is 37.7 Å². The minimum Gasteiger partial charge on any atom is -0.466 e. The largest absolute Gasteiger partial charge is 0.466 e. The van der Waals surface area contributed by atoms with Crippen LogP contribution in [0.1, 0.15) is 208 Å². The highest BCUT2D eigenvalue weighted by atomic mass is 16.5. The molecule has 304 valence electrons. The monoisotopic (exact) mass is 734 g/mol. The molecule has 0 aromatic rings. The minimum atomic E-state index is -0.0763. The van der Waals surface area contributed by atoms with E-state index in [1.165, 1.54) is 68.9 Å². The number of carbonyl (C=O) groups is 3. The third-order valence-electron chi connectivity index (χ3n) is 10.9. The molecule has 2 unspecified atom stereocenters. The first kappa shape index (κ1) is 48.1. The summed E-state index contributed by atoms with van der Waals surface area (Å²) in [5, 5.41) is 0. The molecule has 0 amide bonds. The normalized spacial score (nSPS) is 16.8.